The van der Waals surface area contributed by atoms with Crippen molar-refractivity contribution in [3.63, 3.8) is 0 Å². The second kappa shape index (κ2) is 3.03. The number of hydrogen-bond acceptors (Lipinski definition) is 4. The number of nitrogens with one attached hydrogen (secondary N) is 1. The van der Waals surface area contributed by atoms with Crippen LogP contribution in [-0.4, -0.2) is 24.7 Å². The number of carbonyl (C=O) groups is 1. The zero-order chi connectivity index (χ0) is 8.55. The Morgan fingerprint density at radius 1 is 1.58 bits per heavy atom. The maximum absolute atomic E-state index is 10.7. The van der Waals surface area contributed by atoms with Gasteiger partial charge in [0, 0.05) is 19.4 Å². The van der Waals surface area contributed by atoms with E-state index in [9.17, 15) is 4.79 Å². The number of rotatable bonds is 1. The highest BCUT2D eigenvalue weighted by molar-refractivity contribution is 5.66. The highest BCUT2D eigenvalue weighted by atomic mass is 16.7. The Bertz CT molecular complexity index is 195. The van der Waals surface area contributed by atoms with Gasteiger partial charge in [-0.3, -0.25) is 9.63 Å². The first-order valence-electron chi connectivity index (χ1n) is 4.33. The van der Waals surface area contributed by atoms with Gasteiger partial charge in [-0.05, 0) is 12.8 Å². The van der Waals surface area contributed by atoms with Crippen molar-refractivity contribution in [3.05, 3.63) is 0 Å². The normalized spacial score (nSPS) is 39.6. The van der Waals surface area contributed by atoms with Crippen molar-refractivity contribution in [3.8, 4) is 0 Å². The van der Waals surface area contributed by atoms with Gasteiger partial charge in [0.25, 0.3) is 0 Å². The third-order valence-corrected chi connectivity index (χ3v) is 2.54. The molecule has 0 aromatic carbocycles. The van der Waals surface area contributed by atoms with Crippen LogP contribution in [0.3, 0.4) is 0 Å². The third-order valence-electron chi connectivity index (χ3n) is 2.54. The zero-order valence-corrected chi connectivity index (χ0v) is 7.08. The van der Waals surface area contributed by atoms with Crippen LogP contribution in [0.1, 0.15) is 19.8 Å². The summed E-state index contributed by atoms with van der Waals surface area (Å²) in [6.45, 7) is 2.33. The molecule has 1 N–H and O–H groups in total. The monoisotopic (exact) mass is 171 g/mol. The summed E-state index contributed by atoms with van der Waals surface area (Å²) in [4.78, 5) is 16.0. The van der Waals surface area contributed by atoms with Gasteiger partial charge in [-0.25, -0.2) is 5.48 Å². The molecule has 3 atom stereocenters. The molecular weight excluding hydrogens is 158 g/mol. The minimum absolute atomic E-state index is 0.0255. The minimum atomic E-state index is -0.212. The Hall–Kier alpha value is -0.610. The summed E-state index contributed by atoms with van der Waals surface area (Å²) in [6.07, 6.45) is 2.10. The Labute approximate surface area is 71.2 Å². The van der Waals surface area contributed by atoms with Crippen LogP contribution in [0.25, 0.3) is 0 Å². The van der Waals surface area contributed by atoms with E-state index in [1.54, 1.807) is 0 Å². The van der Waals surface area contributed by atoms with Crippen LogP contribution < -0.4 is 5.48 Å². The number of ether oxygens (including phenoxy) is 1. The zero-order valence-electron chi connectivity index (χ0n) is 7.08. The van der Waals surface area contributed by atoms with E-state index in [4.69, 9.17) is 9.57 Å². The highest BCUT2D eigenvalue weighted by Gasteiger charge is 2.42. The maximum atomic E-state index is 10.7. The van der Waals surface area contributed by atoms with E-state index in [1.807, 2.05) is 0 Å². The first kappa shape index (κ1) is 8.01. The van der Waals surface area contributed by atoms with Gasteiger partial charge in [0.05, 0.1) is 0 Å². The molecule has 0 unspecified atom stereocenters. The summed E-state index contributed by atoms with van der Waals surface area (Å²) in [5.74, 6) is 0.325. The van der Waals surface area contributed by atoms with Crippen molar-refractivity contribution >= 4 is 5.97 Å². The Balaban J connectivity index is 1.95. The molecule has 1 aliphatic carbocycles. The fourth-order valence-electron chi connectivity index (χ4n) is 1.99. The van der Waals surface area contributed by atoms with Gasteiger partial charge in [-0.2, -0.15) is 0 Å². The molecule has 4 nitrogen and oxygen atoms in total. The molecule has 0 aromatic rings. The largest absolute Gasteiger partial charge is 0.460 e. The standard InChI is InChI=1S/C8H13NO3/c1-5(10)11-7-3-2-6-4-9-12-8(6)7/h6-9H,2-4H2,1H3/t6-,7-,8+/m1/s1. The molecule has 1 saturated carbocycles. The van der Waals surface area contributed by atoms with Crippen molar-refractivity contribution in [1.82, 2.24) is 5.48 Å². The fourth-order valence-corrected chi connectivity index (χ4v) is 1.99. The van der Waals surface area contributed by atoms with E-state index in [1.165, 1.54) is 6.92 Å². The molecule has 0 amide bonds. The van der Waals surface area contributed by atoms with Crippen LogP contribution in [0, 0.1) is 5.92 Å². The number of fused-ring (bicyclic) bond motifs is 1. The van der Waals surface area contributed by atoms with Crippen molar-refractivity contribution < 1.29 is 14.4 Å². The molecule has 0 radical (unpaired) electrons. The molecular formula is C8H13NO3. The third kappa shape index (κ3) is 1.32. The minimum Gasteiger partial charge on any atom is -0.460 e. The Kier molecular flexibility index (Phi) is 2.02. The molecule has 0 spiro atoms. The first-order valence-corrected chi connectivity index (χ1v) is 4.33. The molecule has 68 valence electrons. The number of hydrogen-bond donors (Lipinski definition) is 1. The lowest BCUT2D eigenvalue weighted by atomic mass is 10.1. The van der Waals surface area contributed by atoms with Gasteiger partial charge in [0.1, 0.15) is 12.2 Å². The lowest BCUT2D eigenvalue weighted by Gasteiger charge is -2.16. The van der Waals surface area contributed by atoms with E-state index in [0.29, 0.717) is 5.92 Å². The van der Waals surface area contributed by atoms with E-state index in [2.05, 4.69) is 5.48 Å². The molecule has 1 saturated heterocycles. The quantitative estimate of drug-likeness (QED) is 0.574. The number of esters is 1. The second-order valence-electron chi connectivity index (χ2n) is 3.42. The summed E-state index contributed by atoms with van der Waals surface area (Å²) in [6, 6.07) is 0. The maximum Gasteiger partial charge on any atom is 0.302 e. The molecule has 2 rings (SSSR count). The lowest BCUT2D eigenvalue weighted by molar-refractivity contribution is -0.153. The van der Waals surface area contributed by atoms with Gasteiger partial charge in [0.15, 0.2) is 0 Å². The smallest absolute Gasteiger partial charge is 0.302 e. The van der Waals surface area contributed by atoms with Crippen LogP contribution in [0.5, 0.6) is 0 Å². The average Bonchev–Trinajstić information content (AvgIpc) is 2.52. The first-order chi connectivity index (χ1) is 5.77. The number of hydroxylamine groups is 1. The fraction of sp³-hybridized carbons (Fsp3) is 0.875. The second-order valence-corrected chi connectivity index (χ2v) is 3.42. The van der Waals surface area contributed by atoms with Crippen LogP contribution in [0.15, 0.2) is 0 Å². The summed E-state index contributed by atoms with van der Waals surface area (Å²) in [5, 5.41) is 0. The van der Waals surface area contributed by atoms with Crippen molar-refractivity contribution in [2.75, 3.05) is 6.54 Å². The predicted octanol–water partition coefficient (Wildman–Crippen LogP) is 0.231. The lowest BCUT2D eigenvalue weighted by Crippen LogP contribution is -2.28. The van der Waals surface area contributed by atoms with Crippen LogP contribution in [0.4, 0.5) is 0 Å². The SMILES string of the molecule is CC(=O)O[C@@H]1CC[C@@H]2CNO[C@@H]21. The molecule has 4 heteroatoms. The van der Waals surface area contributed by atoms with Gasteiger partial charge in [-0.15, -0.1) is 0 Å². The van der Waals surface area contributed by atoms with E-state index in [0.717, 1.165) is 19.4 Å². The van der Waals surface area contributed by atoms with Crippen LogP contribution in [0.2, 0.25) is 0 Å². The van der Waals surface area contributed by atoms with Crippen LogP contribution >= 0.6 is 0 Å². The van der Waals surface area contributed by atoms with Gasteiger partial charge in [0.2, 0.25) is 0 Å². The van der Waals surface area contributed by atoms with E-state index in [-0.39, 0.29) is 18.2 Å². The Morgan fingerprint density at radius 3 is 3.17 bits per heavy atom. The predicted molar refractivity (Wildman–Crippen MR) is 41.2 cm³/mol. The van der Waals surface area contributed by atoms with E-state index >= 15 is 0 Å². The molecule has 2 aliphatic rings. The van der Waals surface area contributed by atoms with Crippen molar-refractivity contribution in [2.24, 2.45) is 5.92 Å². The summed E-state index contributed by atoms with van der Waals surface area (Å²) < 4.78 is 5.12. The number of carbonyl (C=O) groups excluding carboxylic acids is 1. The topological polar surface area (TPSA) is 47.6 Å². The van der Waals surface area contributed by atoms with Gasteiger partial charge < -0.3 is 4.74 Å². The summed E-state index contributed by atoms with van der Waals surface area (Å²) in [5.41, 5.74) is 2.84. The van der Waals surface area contributed by atoms with Gasteiger partial charge >= 0.3 is 5.97 Å². The summed E-state index contributed by atoms with van der Waals surface area (Å²) in [7, 11) is 0. The van der Waals surface area contributed by atoms with E-state index < -0.39 is 0 Å². The Morgan fingerprint density at radius 2 is 2.42 bits per heavy atom. The molecule has 1 heterocycles. The highest BCUT2D eigenvalue weighted by Crippen LogP contribution is 2.32. The molecule has 2 fully saturated rings. The average molecular weight is 171 g/mol. The van der Waals surface area contributed by atoms with Crippen molar-refractivity contribution in [2.45, 2.75) is 32.0 Å². The molecule has 0 bridgehead atoms. The molecule has 0 aromatic heterocycles. The van der Waals surface area contributed by atoms with Crippen molar-refractivity contribution in [1.29, 1.82) is 0 Å². The molecule has 12 heavy (non-hydrogen) atoms. The molecule has 1 aliphatic heterocycles. The van der Waals surface area contributed by atoms with Gasteiger partial charge in [-0.1, -0.05) is 0 Å². The summed E-state index contributed by atoms with van der Waals surface area (Å²) >= 11 is 0. The van der Waals surface area contributed by atoms with Crippen LogP contribution in [-0.2, 0) is 14.4 Å².